The summed E-state index contributed by atoms with van der Waals surface area (Å²) in [7, 11) is 0. The summed E-state index contributed by atoms with van der Waals surface area (Å²) < 4.78 is 0. The van der Waals surface area contributed by atoms with Crippen molar-refractivity contribution in [2.24, 2.45) is 0 Å². The summed E-state index contributed by atoms with van der Waals surface area (Å²) in [5.74, 6) is 4.33. The number of hydrogen-bond acceptors (Lipinski definition) is 6. The Bertz CT molecular complexity index is 1330. The highest BCUT2D eigenvalue weighted by Gasteiger charge is 2.25. The van der Waals surface area contributed by atoms with Gasteiger partial charge in [0.2, 0.25) is 5.91 Å². The fraction of sp³-hybridized carbons (Fsp3) is 0.179. The molecule has 3 aromatic carbocycles. The number of carbonyl (C=O) groups is 3. The summed E-state index contributed by atoms with van der Waals surface area (Å²) in [5, 5.41) is 27.3. The minimum Gasteiger partial charge on any atom is -0.391 e. The lowest BCUT2D eigenvalue weighted by Gasteiger charge is -2.19. The lowest BCUT2D eigenvalue weighted by molar-refractivity contribution is -0.133. The maximum atomic E-state index is 12.4. The summed E-state index contributed by atoms with van der Waals surface area (Å²) in [5.41, 5.74) is 4.70. The van der Waals surface area contributed by atoms with Crippen molar-refractivity contribution in [3.63, 3.8) is 0 Å². The Morgan fingerprint density at radius 2 is 1.58 bits per heavy atom. The molecule has 0 saturated carbocycles. The summed E-state index contributed by atoms with van der Waals surface area (Å²) in [6.45, 7) is 1.99. The second-order valence-corrected chi connectivity index (χ2v) is 8.79. The Hall–Kier alpha value is -4.20. The van der Waals surface area contributed by atoms with E-state index in [2.05, 4.69) is 27.8 Å². The van der Waals surface area contributed by atoms with E-state index in [4.69, 9.17) is 16.8 Å². The van der Waals surface area contributed by atoms with Crippen molar-refractivity contribution in [3.8, 4) is 11.8 Å². The molecule has 0 aliphatic rings. The van der Waals surface area contributed by atoms with E-state index in [0.717, 1.165) is 11.1 Å². The Labute approximate surface area is 225 Å². The van der Waals surface area contributed by atoms with E-state index >= 15 is 0 Å². The highest BCUT2D eigenvalue weighted by atomic mass is 35.5. The van der Waals surface area contributed by atoms with Crippen LogP contribution in [0.5, 0.6) is 0 Å². The smallest absolute Gasteiger partial charge is 0.268 e. The van der Waals surface area contributed by atoms with Crippen LogP contribution in [0.4, 0.5) is 5.69 Å². The molecule has 6 N–H and O–H groups in total. The van der Waals surface area contributed by atoms with Crippen molar-refractivity contribution < 1.29 is 24.7 Å². The third-order valence-electron chi connectivity index (χ3n) is 5.33. The zero-order valence-electron chi connectivity index (χ0n) is 20.5. The van der Waals surface area contributed by atoms with Gasteiger partial charge in [-0.05, 0) is 73.2 Å². The number of halogens is 1. The maximum absolute atomic E-state index is 12.4. The third-order valence-corrected chi connectivity index (χ3v) is 5.57. The van der Waals surface area contributed by atoms with Crippen LogP contribution in [-0.4, -0.2) is 46.7 Å². The number of hydrogen-bond donors (Lipinski definition) is 6. The molecule has 0 heterocycles. The molecule has 3 amide bonds. The summed E-state index contributed by atoms with van der Waals surface area (Å²) in [6, 6.07) is 19.6. The van der Waals surface area contributed by atoms with Crippen molar-refractivity contribution in [2.45, 2.75) is 25.6 Å². The predicted molar refractivity (Wildman–Crippen MR) is 144 cm³/mol. The van der Waals surface area contributed by atoms with Gasteiger partial charge in [0.1, 0.15) is 6.04 Å². The molecule has 0 aliphatic heterocycles. The topological polar surface area (TPSA) is 140 Å². The molecule has 0 spiro atoms. The number of anilines is 1. The third kappa shape index (κ3) is 8.73. The van der Waals surface area contributed by atoms with E-state index in [1.54, 1.807) is 42.5 Å². The number of nitrogens with one attached hydrogen (secondary N) is 4. The number of aliphatic hydroxyl groups excluding tert-OH is 1. The normalized spacial score (nSPS) is 11.9. The van der Waals surface area contributed by atoms with E-state index in [-0.39, 0.29) is 18.0 Å². The van der Waals surface area contributed by atoms with Crippen molar-refractivity contribution in [1.82, 2.24) is 16.1 Å². The molecule has 0 fully saturated rings. The summed E-state index contributed by atoms with van der Waals surface area (Å²) in [4.78, 5) is 36.1. The first-order chi connectivity index (χ1) is 18.2. The van der Waals surface area contributed by atoms with E-state index in [1.807, 2.05) is 18.2 Å². The Morgan fingerprint density at radius 1 is 0.947 bits per heavy atom. The molecule has 196 valence electrons. The Morgan fingerprint density at radius 3 is 2.16 bits per heavy atom. The molecule has 0 bridgehead atoms. The molecule has 0 radical (unpaired) electrons. The zero-order chi connectivity index (χ0) is 27.5. The molecule has 2 unspecified atom stereocenters. The van der Waals surface area contributed by atoms with Crippen molar-refractivity contribution in [3.05, 3.63) is 100 Å². The quantitative estimate of drug-likeness (QED) is 0.142. The fourth-order valence-corrected chi connectivity index (χ4v) is 3.57. The minimum absolute atomic E-state index is 0.149. The van der Waals surface area contributed by atoms with Gasteiger partial charge in [-0.25, -0.2) is 5.48 Å². The molecular weight excluding hydrogens is 508 g/mol. The second kappa shape index (κ2) is 13.9. The largest absolute Gasteiger partial charge is 0.391 e. The van der Waals surface area contributed by atoms with Gasteiger partial charge in [0, 0.05) is 33.9 Å². The van der Waals surface area contributed by atoms with Crippen LogP contribution in [0.2, 0.25) is 5.02 Å². The summed E-state index contributed by atoms with van der Waals surface area (Å²) in [6.07, 6.45) is -1.20. The minimum atomic E-state index is -1.30. The van der Waals surface area contributed by atoms with Crippen molar-refractivity contribution >= 4 is 35.0 Å². The SMILES string of the molecule is CC(O)C(NC(=O)c1ccc(C#Cc2ccc(NC(=O)CNCc3cccc(Cl)c3)cc2)cc1)C(=O)NO. The Balaban J connectivity index is 1.50. The maximum Gasteiger partial charge on any atom is 0.268 e. The van der Waals surface area contributed by atoms with Gasteiger partial charge in [-0.15, -0.1) is 0 Å². The first-order valence-corrected chi connectivity index (χ1v) is 12.0. The van der Waals surface area contributed by atoms with Gasteiger partial charge in [-0.3, -0.25) is 19.6 Å². The fourth-order valence-electron chi connectivity index (χ4n) is 3.36. The molecule has 3 rings (SSSR count). The van der Waals surface area contributed by atoms with Gasteiger partial charge < -0.3 is 21.1 Å². The average Bonchev–Trinajstić information content (AvgIpc) is 2.91. The molecule has 0 saturated heterocycles. The van der Waals surface area contributed by atoms with Crippen LogP contribution >= 0.6 is 11.6 Å². The molecule has 0 aromatic heterocycles. The predicted octanol–water partition coefficient (Wildman–Crippen LogP) is 2.45. The lowest BCUT2D eigenvalue weighted by Crippen LogP contribution is -2.51. The molecule has 2 atom stereocenters. The van der Waals surface area contributed by atoms with Crippen LogP contribution in [-0.2, 0) is 16.1 Å². The lowest BCUT2D eigenvalue weighted by atomic mass is 10.1. The van der Waals surface area contributed by atoms with E-state index < -0.39 is 24.0 Å². The number of rotatable bonds is 9. The molecule has 0 aliphatic carbocycles. The van der Waals surface area contributed by atoms with Crippen LogP contribution < -0.4 is 21.4 Å². The highest BCUT2D eigenvalue weighted by Crippen LogP contribution is 2.11. The standard InChI is InChI=1S/C28H27ClN4O5/c1-18(34)26(28(37)33-38)32-27(36)22-11-7-19(8-12-22)5-6-20-9-13-24(14-10-20)31-25(35)17-30-16-21-3-2-4-23(29)15-21/h2-4,7-15,18,26,30,34,38H,16-17H2,1H3,(H,31,35)(H,32,36)(H,33,37). The first kappa shape index (κ1) is 28.4. The van der Waals surface area contributed by atoms with Crippen LogP contribution in [0.25, 0.3) is 0 Å². The second-order valence-electron chi connectivity index (χ2n) is 8.35. The van der Waals surface area contributed by atoms with Crippen LogP contribution in [0.15, 0.2) is 72.8 Å². The molecule has 38 heavy (non-hydrogen) atoms. The van der Waals surface area contributed by atoms with Crippen molar-refractivity contribution in [2.75, 3.05) is 11.9 Å². The number of aliphatic hydroxyl groups is 1. The molecule has 9 nitrogen and oxygen atoms in total. The highest BCUT2D eigenvalue weighted by molar-refractivity contribution is 6.30. The van der Waals surface area contributed by atoms with Gasteiger partial charge in [0.05, 0.1) is 12.6 Å². The Kier molecular flexibility index (Phi) is 10.4. The van der Waals surface area contributed by atoms with E-state index in [1.165, 1.54) is 24.5 Å². The van der Waals surface area contributed by atoms with Gasteiger partial charge in [0.15, 0.2) is 0 Å². The number of carbonyl (C=O) groups excluding carboxylic acids is 3. The number of benzene rings is 3. The average molecular weight is 535 g/mol. The van der Waals surface area contributed by atoms with Gasteiger partial charge >= 0.3 is 0 Å². The number of hydroxylamine groups is 1. The van der Waals surface area contributed by atoms with Crippen LogP contribution in [0.3, 0.4) is 0 Å². The van der Waals surface area contributed by atoms with E-state index in [0.29, 0.717) is 22.8 Å². The molecule has 3 aromatic rings. The number of amides is 3. The molecular formula is C28H27ClN4O5. The van der Waals surface area contributed by atoms with Crippen LogP contribution in [0.1, 0.15) is 34.0 Å². The monoisotopic (exact) mass is 534 g/mol. The van der Waals surface area contributed by atoms with Gasteiger partial charge in [0.25, 0.3) is 11.8 Å². The molecule has 10 heteroatoms. The van der Waals surface area contributed by atoms with Gasteiger partial charge in [-0.2, -0.15) is 0 Å². The summed E-state index contributed by atoms with van der Waals surface area (Å²) >= 11 is 5.96. The van der Waals surface area contributed by atoms with Crippen molar-refractivity contribution in [1.29, 1.82) is 0 Å². The van der Waals surface area contributed by atoms with Crippen LogP contribution in [0, 0.1) is 11.8 Å². The van der Waals surface area contributed by atoms with Gasteiger partial charge in [-0.1, -0.05) is 35.6 Å². The first-order valence-electron chi connectivity index (χ1n) is 11.6. The zero-order valence-corrected chi connectivity index (χ0v) is 21.3. The van der Waals surface area contributed by atoms with E-state index in [9.17, 15) is 19.5 Å².